The fourth-order valence-corrected chi connectivity index (χ4v) is 2.36. The van der Waals surface area contributed by atoms with Gasteiger partial charge in [0.05, 0.1) is 25.0 Å². The number of nitrogens with one attached hydrogen (secondary N) is 2. The van der Waals surface area contributed by atoms with Crippen molar-refractivity contribution in [3.05, 3.63) is 23.8 Å². The van der Waals surface area contributed by atoms with E-state index in [0.29, 0.717) is 5.75 Å². The minimum absolute atomic E-state index is 0.130. The number of thiocarbonyl (C=S) groups is 1. The Morgan fingerprint density at radius 3 is 2.30 bits per heavy atom. The van der Waals surface area contributed by atoms with Gasteiger partial charge in [0.1, 0.15) is 17.4 Å². The van der Waals surface area contributed by atoms with Crippen LogP contribution >= 0.6 is 12.2 Å². The smallest absolute Gasteiger partial charge is 0.331 e. The van der Waals surface area contributed by atoms with E-state index in [2.05, 4.69) is 10.6 Å². The van der Waals surface area contributed by atoms with Gasteiger partial charge in [0, 0.05) is 0 Å². The van der Waals surface area contributed by atoms with Crippen LogP contribution in [0.5, 0.6) is 5.75 Å². The number of ether oxygens (including phenoxy) is 3. The Kier molecular flexibility index (Phi) is 8.04. The molecule has 0 aliphatic carbocycles. The van der Waals surface area contributed by atoms with Crippen LogP contribution in [0.2, 0.25) is 0 Å². The van der Waals surface area contributed by atoms with E-state index < -0.39 is 23.2 Å². The van der Waals surface area contributed by atoms with E-state index in [0.717, 1.165) is 11.3 Å². The van der Waals surface area contributed by atoms with E-state index in [9.17, 15) is 4.79 Å². The largest absolute Gasteiger partial charge is 0.495 e. The number of carbonyl (C=O) groups is 1. The maximum absolute atomic E-state index is 12.6. The number of esters is 1. The fraction of sp³-hybridized carbons (Fsp3) is 0.600. The van der Waals surface area contributed by atoms with Crippen LogP contribution in [0.3, 0.4) is 0 Å². The number of benzene rings is 1. The molecule has 0 radical (unpaired) electrons. The van der Waals surface area contributed by atoms with Crippen LogP contribution in [0.25, 0.3) is 0 Å². The minimum Gasteiger partial charge on any atom is -0.495 e. The van der Waals surface area contributed by atoms with Gasteiger partial charge >= 0.3 is 5.97 Å². The molecule has 0 saturated carbocycles. The first-order valence-electron chi connectivity index (χ1n) is 8.90. The molecule has 0 heterocycles. The molecule has 0 aromatic heterocycles. The lowest BCUT2D eigenvalue weighted by molar-refractivity contribution is -0.159. The molecule has 0 spiro atoms. The van der Waals surface area contributed by atoms with Gasteiger partial charge in [-0.1, -0.05) is 6.07 Å². The van der Waals surface area contributed by atoms with E-state index in [-0.39, 0.29) is 11.7 Å². The van der Waals surface area contributed by atoms with Crippen molar-refractivity contribution in [3.63, 3.8) is 0 Å². The monoisotopic (exact) mass is 396 g/mol. The highest BCUT2D eigenvalue weighted by Crippen LogP contribution is 2.25. The molecule has 0 fully saturated rings. The molecule has 0 aliphatic heterocycles. The standard InChI is InChI=1S/C20H32N2O4S/c1-13-9-10-16(24-8)14(11-13)21-18(27)22-15(12-25-19(2,3)4)17(23)26-20(5,6)7/h9-11,15H,12H2,1-8H3,(H2,21,22,27). The zero-order valence-electron chi connectivity index (χ0n) is 17.6. The van der Waals surface area contributed by atoms with Crippen LogP contribution < -0.4 is 15.4 Å². The van der Waals surface area contributed by atoms with E-state index >= 15 is 0 Å². The SMILES string of the molecule is COc1ccc(C)cc1NC(=S)NC(COC(C)(C)C)C(=O)OC(C)(C)C. The first-order chi connectivity index (χ1) is 12.3. The topological polar surface area (TPSA) is 68.8 Å². The maximum atomic E-state index is 12.6. The third-order valence-corrected chi connectivity index (χ3v) is 3.50. The number of rotatable bonds is 6. The molecule has 1 aromatic rings. The summed E-state index contributed by atoms with van der Waals surface area (Å²) in [4.78, 5) is 12.6. The predicted molar refractivity (Wildman–Crippen MR) is 112 cm³/mol. The van der Waals surface area contributed by atoms with Gasteiger partial charge in [0.15, 0.2) is 5.11 Å². The molecule has 1 aromatic carbocycles. The van der Waals surface area contributed by atoms with Crippen molar-refractivity contribution < 1.29 is 19.0 Å². The molecule has 1 atom stereocenters. The molecule has 0 saturated heterocycles. The summed E-state index contributed by atoms with van der Waals surface area (Å²) in [5.74, 6) is 0.233. The Morgan fingerprint density at radius 1 is 1.15 bits per heavy atom. The Labute approximate surface area is 168 Å². The zero-order valence-corrected chi connectivity index (χ0v) is 18.4. The molecule has 0 aliphatic rings. The second-order valence-corrected chi connectivity index (χ2v) is 8.72. The first kappa shape index (κ1) is 23.2. The summed E-state index contributed by atoms with van der Waals surface area (Å²) >= 11 is 5.39. The summed E-state index contributed by atoms with van der Waals surface area (Å²) in [7, 11) is 1.59. The van der Waals surface area contributed by atoms with E-state index in [4.69, 9.17) is 26.4 Å². The lowest BCUT2D eigenvalue weighted by Crippen LogP contribution is -2.49. The number of hydrogen-bond acceptors (Lipinski definition) is 5. The Bertz CT molecular complexity index is 663. The van der Waals surface area contributed by atoms with Gasteiger partial charge < -0.3 is 24.8 Å². The highest BCUT2D eigenvalue weighted by molar-refractivity contribution is 7.80. The van der Waals surface area contributed by atoms with Crippen molar-refractivity contribution in [2.24, 2.45) is 0 Å². The molecule has 1 rings (SSSR count). The van der Waals surface area contributed by atoms with E-state index in [1.807, 2.05) is 66.7 Å². The normalized spacial score (nSPS) is 12.9. The Hall–Kier alpha value is -1.86. The highest BCUT2D eigenvalue weighted by Gasteiger charge is 2.28. The summed E-state index contributed by atoms with van der Waals surface area (Å²) in [5, 5.41) is 6.36. The number of carbonyl (C=O) groups excluding carboxylic acids is 1. The fourth-order valence-electron chi connectivity index (χ4n) is 2.11. The van der Waals surface area contributed by atoms with E-state index in [1.54, 1.807) is 7.11 Å². The lowest BCUT2D eigenvalue weighted by atomic mass is 10.1. The Balaban J connectivity index is 2.88. The first-order valence-corrected chi connectivity index (χ1v) is 9.30. The molecule has 1 unspecified atom stereocenters. The minimum atomic E-state index is -0.737. The molecular formula is C20H32N2O4S. The quantitative estimate of drug-likeness (QED) is 0.560. The summed E-state index contributed by atoms with van der Waals surface area (Å²) in [6.07, 6.45) is 0. The van der Waals surface area contributed by atoms with Crippen molar-refractivity contribution in [2.75, 3.05) is 19.0 Å². The van der Waals surface area contributed by atoms with Crippen LogP contribution in [0.15, 0.2) is 18.2 Å². The van der Waals surface area contributed by atoms with Gasteiger partial charge in [-0.3, -0.25) is 0 Å². The third kappa shape index (κ3) is 9.06. The van der Waals surface area contributed by atoms with Crippen molar-refractivity contribution in [1.29, 1.82) is 0 Å². The average molecular weight is 397 g/mol. The Morgan fingerprint density at radius 2 is 1.78 bits per heavy atom. The molecule has 152 valence electrons. The zero-order chi connectivity index (χ0) is 20.8. The van der Waals surface area contributed by atoms with E-state index in [1.165, 1.54) is 0 Å². The number of anilines is 1. The van der Waals surface area contributed by atoms with Crippen molar-refractivity contribution in [3.8, 4) is 5.75 Å². The van der Waals surface area contributed by atoms with Gasteiger partial charge in [-0.2, -0.15) is 0 Å². The van der Waals surface area contributed by atoms with Gasteiger partial charge in [-0.15, -0.1) is 0 Å². The predicted octanol–water partition coefficient (Wildman–Crippen LogP) is 3.82. The second kappa shape index (κ2) is 9.37. The van der Waals surface area contributed by atoms with Crippen LogP contribution in [0.4, 0.5) is 5.69 Å². The van der Waals surface area contributed by atoms with Crippen LogP contribution in [0, 0.1) is 6.92 Å². The second-order valence-electron chi connectivity index (χ2n) is 8.31. The highest BCUT2D eigenvalue weighted by atomic mass is 32.1. The third-order valence-electron chi connectivity index (χ3n) is 3.28. The average Bonchev–Trinajstić information content (AvgIpc) is 2.49. The molecule has 7 heteroatoms. The van der Waals surface area contributed by atoms with Crippen LogP contribution in [-0.2, 0) is 14.3 Å². The van der Waals surface area contributed by atoms with Gasteiger partial charge in [-0.25, -0.2) is 4.79 Å². The molecular weight excluding hydrogens is 364 g/mol. The molecule has 0 bridgehead atoms. The van der Waals surface area contributed by atoms with Gasteiger partial charge in [0.2, 0.25) is 0 Å². The number of methoxy groups -OCH3 is 1. The lowest BCUT2D eigenvalue weighted by Gasteiger charge is -2.28. The summed E-state index contributed by atoms with van der Waals surface area (Å²) < 4.78 is 16.6. The number of aryl methyl sites for hydroxylation is 1. The number of hydrogen-bond donors (Lipinski definition) is 2. The molecule has 27 heavy (non-hydrogen) atoms. The molecule has 2 N–H and O–H groups in total. The van der Waals surface area contributed by atoms with Crippen molar-refractivity contribution >= 4 is 29.0 Å². The van der Waals surface area contributed by atoms with Gasteiger partial charge in [0.25, 0.3) is 0 Å². The summed E-state index contributed by atoms with van der Waals surface area (Å²) in [6.45, 7) is 13.3. The molecule has 6 nitrogen and oxygen atoms in total. The van der Waals surface area contributed by atoms with Crippen molar-refractivity contribution in [2.45, 2.75) is 65.7 Å². The van der Waals surface area contributed by atoms with Gasteiger partial charge in [-0.05, 0) is 78.4 Å². The van der Waals surface area contributed by atoms with Crippen LogP contribution in [-0.4, -0.2) is 42.0 Å². The van der Waals surface area contributed by atoms with Crippen LogP contribution in [0.1, 0.15) is 47.1 Å². The molecule has 0 amide bonds. The summed E-state index contributed by atoms with van der Waals surface area (Å²) in [6, 6.07) is 4.98. The summed E-state index contributed by atoms with van der Waals surface area (Å²) in [5.41, 5.74) is 0.778. The maximum Gasteiger partial charge on any atom is 0.331 e. The van der Waals surface area contributed by atoms with Crippen molar-refractivity contribution in [1.82, 2.24) is 5.32 Å².